The van der Waals surface area contributed by atoms with Crippen molar-refractivity contribution in [2.24, 2.45) is 12.9 Å². The van der Waals surface area contributed by atoms with Gasteiger partial charge in [-0.2, -0.15) is 0 Å². The second-order valence-electron chi connectivity index (χ2n) is 14.8. The maximum Gasteiger partial charge on any atom is 0.302 e. The van der Waals surface area contributed by atoms with Crippen LogP contribution in [0.4, 0.5) is 23.0 Å². The van der Waals surface area contributed by atoms with Gasteiger partial charge in [0, 0.05) is 81.4 Å². The van der Waals surface area contributed by atoms with E-state index in [1.807, 2.05) is 24.4 Å². The Hall–Kier alpha value is -5.05. The molecule has 4 aromatic heterocycles. The lowest BCUT2D eigenvalue weighted by molar-refractivity contribution is -0.142. The zero-order valence-corrected chi connectivity index (χ0v) is 30.8. The Morgan fingerprint density at radius 2 is 1.85 bits per heavy atom. The maximum absolute atomic E-state index is 14.1. The predicted molar refractivity (Wildman–Crippen MR) is 201 cm³/mol. The Balaban J connectivity index is 1.10. The molecule has 2 N–H and O–H groups in total. The number of aromatic nitrogens is 4. The molecule has 2 atom stereocenters. The van der Waals surface area contributed by atoms with E-state index in [0.717, 1.165) is 57.7 Å². The number of hydrogen-bond donors (Lipinski definition) is 1. The van der Waals surface area contributed by atoms with Crippen LogP contribution in [0.5, 0.6) is 0 Å². The molecule has 14 nitrogen and oxygen atoms in total. The van der Waals surface area contributed by atoms with Gasteiger partial charge in [0.05, 0.1) is 31.1 Å². The number of amides is 1. The van der Waals surface area contributed by atoms with Gasteiger partial charge < -0.3 is 23.5 Å². The molecule has 4 aromatic rings. The number of nitrogens with two attached hydrogens (primary N) is 1. The van der Waals surface area contributed by atoms with Crippen molar-refractivity contribution >= 4 is 34.9 Å². The largest absolute Gasteiger partial charge is 0.461 e. The third-order valence-electron chi connectivity index (χ3n) is 11.3. The van der Waals surface area contributed by atoms with Crippen molar-refractivity contribution in [2.75, 3.05) is 47.7 Å². The normalized spacial score (nSPS) is 20.5. The summed E-state index contributed by atoms with van der Waals surface area (Å²) >= 11 is 0. The number of hydrogen-bond acceptors (Lipinski definition) is 11. The first-order valence-corrected chi connectivity index (χ1v) is 18.6. The lowest BCUT2D eigenvalue weighted by atomic mass is 9.98. The zero-order valence-electron chi connectivity index (χ0n) is 30.8. The number of hydrazine groups is 1. The van der Waals surface area contributed by atoms with Crippen molar-refractivity contribution in [3.05, 3.63) is 81.8 Å². The number of piperazine rings is 1. The molecule has 0 spiro atoms. The highest BCUT2D eigenvalue weighted by atomic mass is 16.5. The molecule has 0 radical (unpaired) electrons. The minimum absolute atomic E-state index is 0.109. The van der Waals surface area contributed by atoms with Crippen molar-refractivity contribution in [1.82, 2.24) is 24.0 Å². The molecular formula is C39H47N9O5. The minimum atomic E-state index is -0.459. The minimum Gasteiger partial charge on any atom is -0.461 e. The summed E-state index contributed by atoms with van der Waals surface area (Å²) < 4.78 is 14.6. The molecule has 278 valence electrons. The topological polar surface area (TPSA) is 144 Å². The molecule has 0 unspecified atom stereocenters. The summed E-state index contributed by atoms with van der Waals surface area (Å²) in [4.78, 5) is 55.7. The number of ether oxygens (including phenoxy) is 2. The quantitative estimate of drug-likeness (QED) is 0.162. The van der Waals surface area contributed by atoms with Gasteiger partial charge in [0.1, 0.15) is 29.6 Å². The summed E-state index contributed by atoms with van der Waals surface area (Å²) in [6.07, 6.45) is 9.37. The molecular weight excluding hydrogens is 674 g/mol. The third kappa shape index (κ3) is 6.38. The summed E-state index contributed by atoms with van der Waals surface area (Å²) in [5.41, 5.74) is 5.91. The number of carbonyl (C=O) groups excluding carboxylic acids is 2. The standard InChI is InChI=1S/C39H47N9O5/c1-24-19-47(30-21-52-22-30)25(2)18-46(24)29-9-10-36(42-17-29)48(40)35-16-28(20-43(4)38(35)50)31-11-12-41-37(32(31)23-53-26(3)49)45-14-13-44-33-8-6-5-7-27(33)15-34(44)39(45)51/h9-12,15-17,20,24-25,30H,5-8,13-14,18-19,21-23,40H2,1-4H3/t24-,25+/m0/s1. The highest BCUT2D eigenvalue weighted by Gasteiger charge is 2.37. The van der Waals surface area contributed by atoms with Gasteiger partial charge in [-0.1, -0.05) is 0 Å². The molecule has 1 amide bonds. The van der Waals surface area contributed by atoms with Crippen LogP contribution >= 0.6 is 0 Å². The molecule has 8 rings (SSSR count). The number of nitrogens with zero attached hydrogens (tertiary/aromatic N) is 8. The maximum atomic E-state index is 14.1. The molecule has 4 aliphatic rings. The van der Waals surface area contributed by atoms with Crippen LogP contribution in [0, 0.1) is 0 Å². The SMILES string of the molecule is CC(=O)OCc1c(-c2cc(N(N)c3ccc(N4C[C@@H](C)N(C5COC5)C[C@@H]4C)cn3)c(=O)n(C)c2)ccnc1N1CCn2c(cc3c2CCCC3)C1=O. The summed E-state index contributed by atoms with van der Waals surface area (Å²) in [6, 6.07) is 10.5. The number of fused-ring (bicyclic) bond motifs is 3. The monoisotopic (exact) mass is 721 g/mol. The highest BCUT2D eigenvalue weighted by Crippen LogP contribution is 2.36. The molecule has 1 aliphatic carbocycles. The van der Waals surface area contributed by atoms with Gasteiger partial charge in [-0.3, -0.25) is 29.2 Å². The second kappa shape index (κ2) is 14.1. The first kappa shape index (κ1) is 35.0. The van der Waals surface area contributed by atoms with E-state index < -0.39 is 5.97 Å². The third-order valence-corrected chi connectivity index (χ3v) is 11.3. The summed E-state index contributed by atoms with van der Waals surface area (Å²) in [5.74, 6) is 6.89. The molecule has 14 heteroatoms. The van der Waals surface area contributed by atoms with E-state index in [0.29, 0.717) is 65.2 Å². The molecule has 2 fully saturated rings. The Labute approximate surface area is 308 Å². The van der Waals surface area contributed by atoms with E-state index in [2.05, 4.69) is 33.2 Å². The van der Waals surface area contributed by atoms with Crippen LogP contribution in [0.1, 0.15) is 60.9 Å². The van der Waals surface area contributed by atoms with Crippen LogP contribution in [0.3, 0.4) is 0 Å². The average molecular weight is 722 g/mol. The van der Waals surface area contributed by atoms with Crippen molar-refractivity contribution in [1.29, 1.82) is 0 Å². The van der Waals surface area contributed by atoms with Crippen LogP contribution < -0.4 is 26.2 Å². The van der Waals surface area contributed by atoms with Gasteiger partial charge in [-0.05, 0) is 81.0 Å². The Morgan fingerprint density at radius 3 is 2.58 bits per heavy atom. The Bertz CT molecular complexity index is 2110. The smallest absolute Gasteiger partial charge is 0.302 e. The van der Waals surface area contributed by atoms with E-state index in [4.69, 9.17) is 20.3 Å². The summed E-state index contributed by atoms with van der Waals surface area (Å²) in [7, 11) is 1.66. The molecule has 2 saturated heterocycles. The van der Waals surface area contributed by atoms with Crippen LogP contribution in [0.25, 0.3) is 11.1 Å². The van der Waals surface area contributed by atoms with Gasteiger partial charge in [0.25, 0.3) is 11.5 Å². The fourth-order valence-corrected chi connectivity index (χ4v) is 8.40. The van der Waals surface area contributed by atoms with Crippen LogP contribution in [-0.2, 0) is 47.3 Å². The van der Waals surface area contributed by atoms with Gasteiger partial charge >= 0.3 is 5.97 Å². The lowest BCUT2D eigenvalue weighted by Gasteiger charge is -2.50. The number of aryl methyl sites for hydroxylation is 2. The summed E-state index contributed by atoms with van der Waals surface area (Å²) in [6.45, 7) is 10.2. The lowest BCUT2D eigenvalue weighted by Crippen LogP contribution is -2.63. The number of anilines is 4. The van der Waals surface area contributed by atoms with E-state index >= 15 is 0 Å². The predicted octanol–water partition coefficient (Wildman–Crippen LogP) is 3.56. The van der Waals surface area contributed by atoms with Gasteiger partial charge in [0.15, 0.2) is 0 Å². The van der Waals surface area contributed by atoms with Crippen LogP contribution in [0.2, 0.25) is 0 Å². The number of pyridine rings is 3. The van der Waals surface area contributed by atoms with Crippen molar-refractivity contribution < 1.29 is 19.1 Å². The molecule has 0 saturated carbocycles. The van der Waals surface area contributed by atoms with E-state index in [1.54, 1.807) is 36.5 Å². The van der Waals surface area contributed by atoms with Gasteiger partial charge in [0.2, 0.25) is 0 Å². The fourth-order valence-electron chi connectivity index (χ4n) is 8.40. The van der Waals surface area contributed by atoms with Gasteiger partial charge in [-0.15, -0.1) is 0 Å². The Kier molecular flexibility index (Phi) is 9.29. The van der Waals surface area contributed by atoms with E-state index in [-0.39, 0.29) is 23.8 Å². The zero-order chi connectivity index (χ0) is 37.0. The molecule has 7 heterocycles. The fraction of sp³-hybridized carbons (Fsp3) is 0.462. The van der Waals surface area contributed by atoms with E-state index in [9.17, 15) is 14.4 Å². The van der Waals surface area contributed by atoms with Crippen molar-refractivity contribution in [2.45, 2.75) is 77.7 Å². The number of rotatable bonds is 8. The first-order valence-electron chi connectivity index (χ1n) is 18.6. The summed E-state index contributed by atoms with van der Waals surface area (Å²) in [5, 5.41) is 1.30. The highest BCUT2D eigenvalue weighted by molar-refractivity contribution is 6.06. The Morgan fingerprint density at radius 1 is 1.04 bits per heavy atom. The molecule has 53 heavy (non-hydrogen) atoms. The van der Waals surface area contributed by atoms with Gasteiger partial charge in [-0.25, -0.2) is 15.8 Å². The number of esters is 1. The molecule has 0 aromatic carbocycles. The van der Waals surface area contributed by atoms with Crippen molar-refractivity contribution in [3.8, 4) is 11.1 Å². The molecule has 0 bridgehead atoms. The second-order valence-corrected chi connectivity index (χ2v) is 14.8. The van der Waals surface area contributed by atoms with Crippen LogP contribution in [-0.4, -0.2) is 86.9 Å². The average Bonchev–Trinajstić information content (AvgIpc) is 3.52. The first-order chi connectivity index (χ1) is 25.6. The molecule has 3 aliphatic heterocycles. The van der Waals surface area contributed by atoms with E-state index in [1.165, 1.54) is 27.8 Å². The number of carbonyl (C=O) groups is 2. The van der Waals surface area contributed by atoms with Crippen LogP contribution in [0.15, 0.2) is 53.7 Å². The van der Waals surface area contributed by atoms with Crippen molar-refractivity contribution in [3.63, 3.8) is 0 Å².